The zero-order valence-electron chi connectivity index (χ0n) is 17.7. The van der Waals surface area contributed by atoms with Crippen molar-refractivity contribution in [3.8, 4) is 23.0 Å². The van der Waals surface area contributed by atoms with Crippen LogP contribution in [0.3, 0.4) is 0 Å². The van der Waals surface area contributed by atoms with Crippen LogP contribution in [0.25, 0.3) is 21.8 Å². The SMILES string of the molecule is COc1cc(OB(F)F)c2c(=O)c3cccc(OCc4ccccc4)c3n(C)c2c1OC. The Labute approximate surface area is 183 Å². The van der Waals surface area contributed by atoms with Crippen molar-refractivity contribution in [2.24, 2.45) is 7.05 Å². The molecule has 4 rings (SSSR count). The molecule has 32 heavy (non-hydrogen) atoms. The summed E-state index contributed by atoms with van der Waals surface area (Å²) in [7, 11) is 1.38. The third kappa shape index (κ3) is 3.70. The molecular weight excluding hydrogens is 419 g/mol. The molecule has 0 radical (unpaired) electrons. The highest BCUT2D eigenvalue weighted by Gasteiger charge is 2.26. The number of hydrogen-bond donors (Lipinski definition) is 0. The van der Waals surface area contributed by atoms with Gasteiger partial charge in [0, 0.05) is 13.1 Å². The summed E-state index contributed by atoms with van der Waals surface area (Å²) in [4.78, 5) is 13.4. The molecule has 0 spiro atoms. The van der Waals surface area contributed by atoms with Gasteiger partial charge in [-0.3, -0.25) is 4.79 Å². The standard InChI is InChI=1S/C23H20BF2NO5/c1-27-20-15(10-7-11-16(20)31-13-14-8-5-4-6-9-14)22(28)19-17(32-24(25)26)12-18(29-2)23(30-3)21(19)27/h4-12H,13H2,1-3H3. The molecule has 0 aliphatic carbocycles. The molecule has 0 amide bonds. The predicted molar refractivity (Wildman–Crippen MR) is 119 cm³/mol. The Bertz CT molecular complexity index is 1340. The highest BCUT2D eigenvalue weighted by atomic mass is 19.2. The highest BCUT2D eigenvalue weighted by molar-refractivity contribution is 6.36. The van der Waals surface area contributed by atoms with Gasteiger partial charge in [-0.25, -0.2) is 8.63 Å². The summed E-state index contributed by atoms with van der Waals surface area (Å²) < 4.78 is 49.4. The Hall–Kier alpha value is -3.75. The number of halogens is 2. The van der Waals surface area contributed by atoms with E-state index in [0.29, 0.717) is 23.3 Å². The summed E-state index contributed by atoms with van der Waals surface area (Å²) in [6.07, 6.45) is 0. The Kier molecular flexibility index (Phi) is 5.90. The van der Waals surface area contributed by atoms with E-state index in [2.05, 4.69) is 4.65 Å². The average molecular weight is 439 g/mol. The minimum absolute atomic E-state index is 0.0295. The van der Waals surface area contributed by atoms with E-state index >= 15 is 0 Å². The molecule has 1 aromatic heterocycles. The Morgan fingerprint density at radius 1 is 0.906 bits per heavy atom. The molecule has 0 unspecified atom stereocenters. The molecular formula is C23H20BF2NO5. The summed E-state index contributed by atoms with van der Waals surface area (Å²) in [6.45, 7) is 0.293. The zero-order valence-corrected chi connectivity index (χ0v) is 17.7. The zero-order chi connectivity index (χ0) is 22.8. The second-order valence-electron chi connectivity index (χ2n) is 7.03. The van der Waals surface area contributed by atoms with E-state index in [9.17, 15) is 13.4 Å². The van der Waals surface area contributed by atoms with Gasteiger partial charge >= 0.3 is 7.47 Å². The minimum atomic E-state index is -3.11. The molecule has 0 N–H and O–H groups in total. The molecule has 0 bridgehead atoms. The van der Waals surface area contributed by atoms with Crippen LogP contribution in [0.5, 0.6) is 23.0 Å². The molecule has 0 atom stereocenters. The largest absolute Gasteiger partial charge is 0.796 e. The number of aromatic nitrogens is 1. The van der Waals surface area contributed by atoms with Gasteiger partial charge in [0.05, 0.1) is 30.5 Å². The van der Waals surface area contributed by atoms with Crippen molar-refractivity contribution in [3.05, 3.63) is 70.4 Å². The van der Waals surface area contributed by atoms with Gasteiger partial charge in [-0.15, -0.1) is 0 Å². The quantitative estimate of drug-likeness (QED) is 0.312. The van der Waals surface area contributed by atoms with Crippen molar-refractivity contribution in [1.82, 2.24) is 4.57 Å². The second-order valence-corrected chi connectivity index (χ2v) is 7.03. The van der Waals surface area contributed by atoms with E-state index in [4.69, 9.17) is 14.2 Å². The van der Waals surface area contributed by atoms with Gasteiger partial charge in [0.2, 0.25) is 5.43 Å². The maximum atomic E-state index is 13.4. The molecule has 6 nitrogen and oxygen atoms in total. The lowest BCUT2D eigenvalue weighted by Crippen LogP contribution is -2.16. The summed E-state index contributed by atoms with van der Waals surface area (Å²) >= 11 is 0. The van der Waals surface area contributed by atoms with E-state index in [1.807, 2.05) is 30.3 Å². The number of nitrogens with zero attached hydrogens (tertiary/aromatic N) is 1. The molecule has 9 heteroatoms. The van der Waals surface area contributed by atoms with Crippen LogP contribution >= 0.6 is 0 Å². The second kappa shape index (κ2) is 8.78. The number of hydrogen-bond acceptors (Lipinski definition) is 5. The number of rotatable bonds is 7. The summed E-state index contributed by atoms with van der Waals surface area (Å²) in [5.41, 5.74) is 1.24. The highest BCUT2D eigenvalue weighted by Crippen LogP contribution is 2.42. The lowest BCUT2D eigenvalue weighted by Gasteiger charge is -2.20. The van der Waals surface area contributed by atoms with Crippen molar-refractivity contribution in [2.45, 2.75) is 6.61 Å². The summed E-state index contributed by atoms with van der Waals surface area (Å²) in [5.74, 6) is 0.566. The van der Waals surface area contributed by atoms with Crippen LogP contribution in [-0.2, 0) is 13.7 Å². The third-order valence-corrected chi connectivity index (χ3v) is 5.20. The third-order valence-electron chi connectivity index (χ3n) is 5.20. The van der Waals surface area contributed by atoms with Gasteiger partial charge < -0.3 is 23.4 Å². The van der Waals surface area contributed by atoms with Gasteiger partial charge in [0.25, 0.3) is 0 Å². The number of fused-ring (bicyclic) bond motifs is 2. The first-order chi connectivity index (χ1) is 15.5. The monoisotopic (exact) mass is 439 g/mol. The number of para-hydroxylation sites is 1. The first kappa shape index (κ1) is 21.5. The molecule has 0 saturated carbocycles. The van der Waals surface area contributed by atoms with Crippen molar-refractivity contribution >= 4 is 29.3 Å². The molecule has 0 aliphatic rings. The van der Waals surface area contributed by atoms with E-state index < -0.39 is 12.9 Å². The van der Waals surface area contributed by atoms with E-state index in [1.54, 1.807) is 29.8 Å². The van der Waals surface area contributed by atoms with Crippen molar-refractivity contribution in [2.75, 3.05) is 14.2 Å². The number of benzene rings is 3. The van der Waals surface area contributed by atoms with Crippen LogP contribution in [0.4, 0.5) is 8.63 Å². The Balaban J connectivity index is 2.02. The van der Waals surface area contributed by atoms with Crippen LogP contribution in [0.2, 0.25) is 0 Å². The Morgan fingerprint density at radius 2 is 1.66 bits per heavy atom. The minimum Gasteiger partial charge on any atom is -0.504 e. The number of aryl methyl sites for hydroxylation is 1. The van der Waals surface area contributed by atoms with Crippen LogP contribution < -0.4 is 24.3 Å². The van der Waals surface area contributed by atoms with Crippen molar-refractivity contribution < 1.29 is 27.5 Å². The lowest BCUT2D eigenvalue weighted by molar-refractivity contribution is 0.309. The van der Waals surface area contributed by atoms with E-state index in [1.165, 1.54) is 20.3 Å². The van der Waals surface area contributed by atoms with Crippen LogP contribution in [-0.4, -0.2) is 26.3 Å². The van der Waals surface area contributed by atoms with Gasteiger partial charge in [0.15, 0.2) is 11.5 Å². The molecule has 164 valence electrons. The molecule has 0 aliphatic heterocycles. The van der Waals surface area contributed by atoms with Crippen molar-refractivity contribution in [3.63, 3.8) is 0 Å². The van der Waals surface area contributed by atoms with E-state index in [0.717, 1.165) is 5.56 Å². The molecule has 1 heterocycles. The lowest BCUT2D eigenvalue weighted by atomic mass is 10.1. The first-order valence-electron chi connectivity index (χ1n) is 9.78. The topological polar surface area (TPSA) is 58.9 Å². The van der Waals surface area contributed by atoms with Gasteiger partial charge in [-0.2, -0.15) is 0 Å². The van der Waals surface area contributed by atoms with Crippen LogP contribution in [0.1, 0.15) is 5.56 Å². The molecule has 0 saturated heterocycles. The van der Waals surface area contributed by atoms with Crippen LogP contribution in [0.15, 0.2) is 59.4 Å². The summed E-state index contributed by atoms with van der Waals surface area (Å²) in [5, 5.41) is 0.273. The molecule has 0 fully saturated rings. The van der Waals surface area contributed by atoms with Gasteiger partial charge in [-0.05, 0) is 17.7 Å². The van der Waals surface area contributed by atoms with Gasteiger partial charge in [0.1, 0.15) is 23.6 Å². The molecule has 3 aromatic carbocycles. The fourth-order valence-corrected chi connectivity index (χ4v) is 3.83. The Morgan fingerprint density at radius 3 is 2.31 bits per heavy atom. The maximum absolute atomic E-state index is 13.4. The first-order valence-corrected chi connectivity index (χ1v) is 9.78. The van der Waals surface area contributed by atoms with Crippen LogP contribution in [0, 0.1) is 0 Å². The number of ether oxygens (including phenoxy) is 3. The maximum Gasteiger partial charge on any atom is 0.796 e. The van der Waals surface area contributed by atoms with Gasteiger partial charge in [-0.1, -0.05) is 36.4 Å². The fourth-order valence-electron chi connectivity index (χ4n) is 3.83. The van der Waals surface area contributed by atoms with E-state index in [-0.39, 0.29) is 28.2 Å². The summed E-state index contributed by atoms with van der Waals surface area (Å²) in [6, 6.07) is 15.9. The number of pyridine rings is 1. The normalized spacial score (nSPS) is 10.9. The van der Waals surface area contributed by atoms with Crippen molar-refractivity contribution in [1.29, 1.82) is 0 Å². The number of methoxy groups -OCH3 is 2. The predicted octanol–water partition coefficient (Wildman–Crippen LogP) is 4.59. The molecule has 4 aromatic rings. The smallest absolute Gasteiger partial charge is 0.504 e. The average Bonchev–Trinajstić information content (AvgIpc) is 2.80. The fraction of sp³-hybridized carbons (Fsp3) is 0.174.